The first-order chi connectivity index (χ1) is 13.9. The smallest absolute Gasteiger partial charge is 0.267 e. The van der Waals surface area contributed by atoms with Crippen LogP contribution in [0.1, 0.15) is 34.0 Å². The van der Waals surface area contributed by atoms with Gasteiger partial charge in [0.15, 0.2) is 0 Å². The summed E-state index contributed by atoms with van der Waals surface area (Å²) in [6, 6.07) is 12.3. The van der Waals surface area contributed by atoms with E-state index in [-0.39, 0.29) is 6.61 Å². The van der Waals surface area contributed by atoms with Crippen molar-refractivity contribution in [3.63, 3.8) is 0 Å². The predicted molar refractivity (Wildman–Crippen MR) is 110 cm³/mol. The molecule has 7 nitrogen and oxygen atoms in total. The Morgan fingerprint density at radius 2 is 1.79 bits per heavy atom. The lowest BCUT2D eigenvalue weighted by molar-refractivity contribution is -0.131. The molecule has 0 unspecified atom stereocenters. The van der Waals surface area contributed by atoms with Gasteiger partial charge in [-0.05, 0) is 54.5 Å². The predicted octanol–water partition coefficient (Wildman–Crippen LogP) is 1.19. The summed E-state index contributed by atoms with van der Waals surface area (Å²) in [5.41, 5.74) is 10.0. The number of hydroxylamine groups is 1. The molecule has 0 radical (unpaired) electrons. The topological polar surface area (TPSA) is 125 Å². The molecule has 150 valence electrons. The van der Waals surface area contributed by atoms with Crippen LogP contribution in [0.15, 0.2) is 54.6 Å². The van der Waals surface area contributed by atoms with Crippen LogP contribution in [-0.2, 0) is 11.4 Å². The Bertz CT molecular complexity index is 923. The third-order valence-corrected chi connectivity index (χ3v) is 4.09. The van der Waals surface area contributed by atoms with Crippen LogP contribution >= 0.6 is 0 Å². The monoisotopic (exact) mass is 393 g/mol. The molecule has 6 N–H and O–H groups in total. The van der Waals surface area contributed by atoms with Crippen LogP contribution in [0.25, 0.3) is 6.08 Å². The number of carbonyl (C=O) groups excluding carboxylic acids is 2. The van der Waals surface area contributed by atoms with E-state index >= 15 is 0 Å². The molecule has 29 heavy (non-hydrogen) atoms. The Hall–Kier alpha value is -3.44. The number of carbonyl (C=O) groups is 2. The Morgan fingerprint density at radius 3 is 2.34 bits per heavy atom. The molecule has 0 saturated carbocycles. The second-order valence-electron chi connectivity index (χ2n) is 6.37. The van der Waals surface area contributed by atoms with Gasteiger partial charge in [-0.15, -0.1) is 0 Å². The van der Waals surface area contributed by atoms with E-state index in [1.54, 1.807) is 37.3 Å². The van der Waals surface area contributed by atoms with Gasteiger partial charge in [-0.1, -0.05) is 36.1 Å². The van der Waals surface area contributed by atoms with Crippen molar-refractivity contribution in [3.8, 4) is 11.8 Å². The SMILES string of the molecule is C[C@@H](N)[C@H](NC(=O)c1ccc(C#CC=Cc2ccc(CO)cc2)cc1)C(=O)NO. The summed E-state index contributed by atoms with van der Waals surface area (Å²) in [7, 11) is 0. The van der Waals surface area contributed by atoms with Crippen LogP contribution in [0.2, 0.25) is 0 Å². The zero-order valence-electron chi connectivity index (χ0n) is 15.9. The number of nitrogens with one attached hydrogen (secondary N) is 2. The van der Waals surface area contributed by atoms with Gasteiger partial charge in [-0.3, -0.25) is 14.8 Å². The van der Waals surface area contributed by atoms with E-state index in [9.17, 15) is 9.59 Å². The maximum Gasteiger partial charge on any atom is 0.267 e. The average Bonchev–Trinajstić information content (AvgIpc) is 2.75. The molecule has 2 amide bonds. The molecular weight excluding hydrogens is 370 g/mol. The number of hydrogen-bond donors (Lipinski definition) is 5. The zero-order chi connectivity index (χ0) is 21.2. The van der Waals surface area contributed by atoms with Gasteiger partial charge in [0.1, 0.15) is 6.04 Å². The van der Waals surface area contributed by atoms with Gasteiger partial charge < -0.3 is 16.2 Å². The van der Waals surface area contributed by atoms with Crippen molar-refractivity contribution in [1.29, 1.82) is 0 Å². The largest absolute Gasteiger partial charge is 0.392 e. The van der Waals surface area contributed by atoms with Crippen molar-refractivity contribution >= 4 is 17.9 Å². The first kappa shape index (κ1) is 21.9. The van der Waals surface area contributed by atoms with Gasteiger partial charge in [0.25, 0.3) is 11.8 Å². The lowest BCUT2D eigenvalue weighted by Gasteiger charge is -2.19. The number of nitrogens with two attached hydrogens (primary N) is 1. The second-order valence-corrected chi connectivity index (χ2v) is 6.37. The summed E-state index contributed by atoms with van der Waals surface area (Å²) in [5.74, 6) is 4.62. The minimum absolute atomic E-state index is 0.0123. The quantitative estimate of drug-likeness (QED) is 0.286. The number of rotatable bonds is 6. The number of benzene rings is 2. The molecule has 0 aromatic heterocycles. The molecule has 0 heterocycles. The molecule has 2 atom stereocenters. The summed E-state index contributed by atoms with van der Waals surface area (Å²) in [4.78, 5) is 23.8. The first-order valence-electron chi connectivity index (χ1n) is 8.93. The lowest BCUT2D eigenvalue weighted by Crippen LogP contribution is -2.54. The molecule has 0 spiro atoms. The van der Waals surface area contributed by atoms with Crippen LogP contribution < -0.4 is 16.5 Å². The summed E-state index contributed by atoms with van der Waals surface area (Å²) in [5, 5.41) is 20.2. The summed E-state index contributed by atoms with van der Waals surface area (Å²) < 4.78 is 0. The molecule has 7 heteroatoms. The van der Waals surface area contributed by atoms with Crippen molar-refractivity contribution in [1.82, 2.24) is 10.8 Å². The third kappa shape index (κ3) is 6.59. The number of allylic oxidation sites excluding steroid dienone is 1. The summed E-state index contributed by atoms with van der Waals surface area (Å²) in [6.07, 6.45) is 3.58. The van der Waals surface area contributed by atoms with E-state index < -0.39 is 23.9 Å². The van der Waals surface area contributed by atoms with Crippen LogP contribution in [0.5, 0.6) is 0 Å². The molecule has 0 aliphatic carbocycles. The van der Waals surface area contributed by atoms with E-state index in [4.69, 9.17) is 16.0 Å². The standard InChI is InChI=1S/C22H23N3O4/c1-15(23)20(22(28)25-29)24-21(27)19-12-10-17(11-13-19)5-3-2-4-16-6-8-18(14-26)9-7-16/h2,4,6-13,15,20,26,29H,14,23H2,1H3,(H,24,27)(H,25,28)/t15-,20+/m1/s1. The molecule has 0 aliphatic rings. The zero-order valence-corrected chi connectivity index (χ0v) is 15.9. The van der Waals surface area contributed by atoms with Crippen molar-refractivity contribution in [2.75, 3.05) is 0 Å². The van der Waals surface area contributed by atoms with Crippen LogP contribution in [-0.4, -0.2) is 34.2 Å². The Labute approximate surface area is 169 Å². The van der Waals surface area contributed by atoms with Gasteiger partial charge >= 0.3 is 0 Å². The van der Waals surface area contributed by atoms with Crippen molar-refractivity contribution < 1.29 is 19.9 Å². The van der Waals surface area contributed by atoms with Gasteiger partial charge in [-0.2, -0.15) is 0 Å². The van der Waals surface area contributed by atoms with Gasteiger partial charge in [0.2, 0.25) is 0 Å². The Morgan fingerprint density at radius 1 is 1.14 bits per heavy atom. The highest BCUT2D eigenvalue weighted by molar-refractivity contribution is 5.97. The molecule has 0 bridgehead atoms. The lowest BCUT2D eigenvalue weighted by atomic mass is 10.1. The maximum absolute atomic E-state index is 12.3. The Kier molecular flexibility index (Phi) is 8.12. The molecule has 2 aromatic rings. The first-order valence-corrected chi connectivity index (χ1v) is 8.93. The minimum atomic E-state index is -1.05. The highest BCUT2D eigenvalue weighted by Crippen LogP contribution is 2.07. The van der Waals surface area contributed by atoms with E-state index in [0.29, 0.717) is 5.56 Å². The minimum Gasteiger partial charge on any atom is -0.392 e. The maximum atomic E-state index is 12.3. The summed E-state index contributed by atoms with van der Waals surface area (Å²) >= 11 is 0. The normalized spacial score (nSPS) is 12.6. The fourth-order valence-corrected chi connectivity index (χ4v) is 2.43. The fraction of sp³-hybridized carbons (Fsp3) is 0.182. The molecular formula is C22H23N3O4. The van der Waals surface area contributed by atoms with E-state index in [0.717, 1.165) is 16.7 Å². The molecule has 0 aliphatic heterocycles. The van der Waals surface area contributed by atoms with Crippen LogP contribution in [0.4, 0.5) is 0 Å². The van der Waals surface area contributed by atoms with E-state index in [1.165, 1.54) is 5.48 Å². The van der Waals surface area contributed by atoms with Crippen molar-refractivity contribution in [2.24, 2.45) is 5.73 Å². The number of amides is 2. The average molecular weight is 393 g/mol. The van der Waals surface area contributed by atoms with E-state index in [1.807, 2.05) is 30.3 Å². The molecule has 0 saturated heterocycles. The van der Waals surface area contributed by atoms with E-state index in [2.05, 4.69) is 17.2 Å². The van der Waals surface area contributed by atoms with Crippen LogP contribution in [0.3, 0.4) is 0 Å². The summed E-state index contributed by atoms with van der Waals surface area (Å²) in [6.45, 7) is 1.56. The van der Waals surface area contributed by atoms with Crippen molar-refractivity contribution in [2.45, 2.75) is 25.6 Å². The molecule has 2 rings (SSSR count). The molecule has 2 aromatic carbocycles. The second kappa shape index (κ2) is 10.8. The number of aliphatic hydroxyl groups is 1. The Balaban J connectivity index is 1.99. The third-order valence-electron chi connectivity index (χ3n) is 4.09. The van der Waals surface area contributed by atoms with Crippen LogP contribution in [0, 0.1) is 11.8 Å². The number of aliphatic hydroxyl groups excluding tert-OH is 1. The highest BCUT2D eigenvalue weighted by Gasteiger charge is 2.24. The highest BCUT2D eigenvalue weighted by atomic mass is 16.5. The fourth-order valence-electron chi connectivity index (χ4n) is 2.43. The van der Waals surface area contributed by atoms with Gasteiger partial charge in [0, 0.05) is 17.2 Å². The number of hydrogen-bond acceptors (Lipinski definition) is 5. The van der Waals surface area contributed by atoms with Gasteiger partial charge in [-0.25, -0.2) is 5.48 Å². The van der Waals surface area contributed by atoms with Crippen molar-refractivity contribution in [3.05, 3.63) is 76.9 Å². The molecule has 0 fully saturated rings. The van der Waals surface area contributed by atoms with Gasteiger partial charge in [0.05, 0.1) is 6.61 Å².